The Morgan fingerprint density at radius 1 is 1.23 bits per heavy atom. The van der Waals surface area contributed by atoms with Gasteiger partial charge in [0, 0.05) is 6.07 Å². The molecule has 3 nitrogen and oxygen atoms in total. The largest absolute Gasteiger partial charge is 0.479 e. The van der Waals surface area contributed by atoms with Gasteiger partial charge in [0.2, 0.25) is 0 Å². The smallest absolute Gasteiger partial charge is 0.337 e. The van der Waals surface area contributed by atoms with Crippen molar-refractivity contribution < 1.29 is 23.8 Å². The predicted octanol–water partition coefficient (Wildman–Crippen LogP) is 1.08. The molecule has 1 rings (SSSR count). The second kappa shape index (κ2) is 3.49. The van der Waals surface area contributed by atoms with Crippen LogP contribution in [-0.4, -0.2) is 16.2 Å². The Hall–Kier alpha value is -1.49. The number of aliphatic carboxylic acids is 1. The topological polar surface area (TPSA) is 57.5 Å². The summed E-state index contributed by atoms with van der Waals surface area (Å²) in [6.45, 7) is 0. The zero-order valence-corrected chi connectivity index (χ0v) is 6.37. The van der Waals surface area contributed by atoms with Crippen LogP contribution in [0.1, 0.15) is 11.7 Å². The van der Waals surface area contributed by atoms with Gasteiger partial charge in [0.1, 0.15) is 11.6 Å². The SMILES string of the molecule is O=C(O)C(O)c1cc(F)cc(F)c1. The maximum Gasteiger partial charge on any atom is 0.337 e. The number of carboxylic acid groups (broad SMARTS) is 1. The molecule has 2 N–H and O–H groups in total. The van der Waals surface area contributed by atoms with E-state index >= 15 is 0 Å². The summed E-state index contributed by atoms with van der Waals surface area (Å²) in [7, 11) is 0. The summed E-state index contributed by atoms with van der Waals surface area (Å²) in [5, 5.41) is 17.2. The van der Waals surface area contributed by atoms with Crippen molar-refractivity contribution >= 4 is 5.97 Å². The van der Waals surface area contributed by atoms with Crippen molar-refractivity contribution in [3.05, 3.63) is 35.4 Å². The molecule has 0 spiro atoms. The third kappa shape index (κ3) is 2.22. The van der Waals surface area contributed by atoms with Crippen LogP contribution in [0.3, 0.4) is 0 Å². The minimum Gasteiger partial charge on any atom is -0.479 e. The van der Waals surface area contributed by atoms with Crippen LogP contribution in [-0.2, 0) is 4.79 Å². The number of aliphatic hydroxyl groups excluding tert-OH is 1. The van der Waals surface area contributed by atoms with Crippen LogP contribution in [0.25, 0.3) is 0 Å². The number of halogens is 2. The molecular formula is C8H6F2O3. The molecule has 0 heterocycles. The van der Waals surface area contributed by atoms with E-state index in [9.17, 15) is 13.6 Å². The molecule has 0 aliphatic heterocycles. The maximum atomic E-state index is 12.5. The molecule has 1 aromatic rings. The standard InChI is InChI=1S/C8H6F2O3/c9-5-1-4(2-6(10)3-5)7(11)8(12)13/h1-3,7,11H,(H,12,13). The van der Waals surface area contributed by atoms with Crippen molar-refractivity contribution in [3.63, 3.8) is 0 Å². The third-order valence-electron chi connectivity index (χ3n) is 1.43. The summed E-state index contributed by atoms with van der Waals surface area (Å²) < 4.78 is 25.0. The van der Waals surface area contributed by atoms with E-state index in [0.29, 0.717) is 6.07 Å². The Morgan fingerprint density at radius 3 is 2.08 bits per heavy atom. The first-order valence-corrected chi connectivity index (χ1v) is 3.37. The van der Waals surface area contributed by atoms with Gasteiger partial charge in [-0.15, -0.1) is 0 Å². The zero-order chi connectivity index (χ0) is 10.0. The molecule has 0 fully saturated rings. The van der Waals surface area contributed by atoms with Crippen LogP contribution < -0.4 is 0 Å². The van der Waals surface area contributed by atoms with Crippen LogP contribution in [0.15, 0.2) is 18.2 Å². The molecule has 1 atom stereocenters. The zero-order valence-electron chi connectivity index (χ0n) is 6.37. The van der Waals surface area contributed by atoms with Gasteiger partial charge in [0.15, 0.2) is 6.10 Å². The monoisotopic (exact) mass is 188 g/mol. The van der Waals surface area contributed by atoms with E-state index in [1.807, 2.05) is 0 Å². The van der Waals surface area contributed by atoms with Crippen molar-refractivity contribution in [2.24, 2.45) is 0 Å². The predicted molar refractivity (Wildman–Crippen MR) is 39.0 cm³/mol. The van der Waals surface area contributed by atoms with Crippen molar-refractivity contribution in [1.29, 1.82) is 0 Å². The average Bonchev–Trinajstić information content (AvgIpc) is 2.01. The highest BCUT2D eigenvalue weighted by Crippen LogP contribution is 2.15. The fourth-order valence-corrected chi connectivity index (χ4v) is 0.876. The van der Waals surface area contributed by atoms with Gasteiger partial charge < -0.3 is 10.2 Å². The first kappa shape index (κ1) is 9.60. The van der Waals surface area contributed by atoms with E-state index in [1.54, 1.807) is 0 Å². The van der Waals surface area contributed by atoms with E-state index in [0.717, 1.165) is 12.1 Å². The second-order valence-corrected chi connectivity index (χ2v) is 2.44. The van der Waals surface area contributed by atoms with Gasteiger partial charge in [-0.1, -0.05) is 0 Å². The molecular weight excluding hydrogens is 182 g/mol. The Kier molecular flexibility index (Phi) is 2.57. The van der Waals surface area contributed by atoms with Crippen molar-refractivity contribution in [2.75, 3.05) is 0 Å². The number of hydrogen-bond donors (Lipinski definition) is 2. The number of carbonyl (C=O) groups is 1. The van der Waals surface area contributed by atoms with Crippen LogP contribution in [0.4, 0.5) is 8.78 Å². The second-order valence-electron chi connectivity index (χ2n) is 2.44. The lowest BCUT2D eigenvalue weighted by Gasteiger charge is -2.05. The van der Waals surface area contributed by atoms with Crippen LogP contribution in [0.2, 0.25) is 0 Å². The minimum absolute atomic E-state index is 0.315. The molecule has 1 unspecified atom stereocenters. The number of benzene rings is 1. The summed E-state index contributed by atoms with van der Waals surface area (Å²) >= 11 is 0. The third-order valence-corrected chi connectivity index (χ3v) is 1.43. The Bertz CT molecular complexity index is 318. The summed E-state index contributed by atoms with van der Waals surface area (Å²) in [5.74, 6) is -3.39. The molecule has 0 aromatic heterocycles. The quantitative estimate of drug-likeness (QED) is 0.730. The van der Waals surface area contributed by atoms with Gasteiger partial charge in [-0.2, -0.15) is 0 Å². The molecule has 0 bridgehead atoms. The minimum atomic E-state index is -1.90. The molecule has 0 aliphatic rings. The van der Waals surface area contributed by atoms with Gasteiger partial charge in [-0.3, -0.25) is 0 Å². The van der Waals surface area contributed by atoms with Crippen molar-refractivity contribution in [1.82, 2.24) is 0 Å². The van der Waals surface area contributed by atoms with E-state index < -0.39 is 23.7 Å². The highest BCUT2D eigenvalue weighted by Gasteiger charge is 2.17. The fourth-order valence-electron chi connectivity index (χ4n) is 0.876. The van der Waals surface area contributed by atoms with E-state index in [-0.39, 0.29) is 5.56 Å². The summed E-state index contributed by atoms with van der Waals surface area (Å²) in [6.07, 6.45) is -1.90. The van der Waals surface area contributed by atoms with Crippen LogP contribution in [0.5, 0.6) is 0 Å². The lowest BCUT2D eigenvalue weighted by Crippen LogP contribution is -2.10. The summed E-state index contributed by atoms with van der Waals surface area (Å²) in [4.78, 5) is 10.2. The van der Waals surface area contributed by atoms with E-state index in [2.05, 4.69) is 0 Å². The van der Waals surface area contributed by atoms with Crippen molar-refractivity contribution in [3.8, 4) is 0 Å². The van der Waals surface area contributed by atoms with Crippen molar-refractivity contribution in [2.45, 2.75) is 6.10 Å². The molecule has 1 aromatic carbocycles. The summed E-state index contributed by atoms with van der Waals surface area (Å²) in [6, 6.07) is 2.13. The molecule has 0 aliphatic carbocycles. The van der Waals surface area contributed by atoms with Gasteiger partial charge in [0.25, 0.3) is 0 Å². The van der Waals surface area contributed by atoms with Gasteiger partial charge in [-0.25, -0.2) is 13.6 Å². The first-order chi connectivity index (χ1) is 6.00. The Balaban J connectivity index is 3.07. The molecule has 0 saturated heterocycles. The number of aliphatic hydroxyl groups is 1. The number of hydrogen-bond acceptors (Lipinski definition) is 2. The Morgan fingerprint density at radius 2 is 1.69 bits per heavy atom. The van der Waals surface area contributed by atoms with E-state index in [4.69, 9.17) is 10.2 Å². The van der Waals surface area contributed by atoms with Gasteiger partial charge in [-0.05, 0) is 17.7 Å². The Labute approximate surface area is 72.2 Å². The normalized spacial score (nSPS) is 12.5. The molecule has 0 radical (unpaired) electrons. The van der Waals surface area contributed by atoms with Crippen LogP contribution >= 0.6 is 0 Å². The molecule has 13 heavy (non-hydrogen) atoms. The lowest BCUT2D eigenvalue weighted by molar-refractivity contribution is -0.146. The molecule has 70 valence electrons. The van der Waals surface area contributed by atoms with E-state index in [1.165, 1.54) is 0 Å². The average molecular weight is 188 g/mol. The number of rotatable bonds is 2. The fraction of sp³-hybridized carbons (Fsp3) is 0.125. The maximum absolute atomic E-state index is 12.5. The van der Waals surface area contributed by atoms with Crippen LogP contribution in [0, 0.1) is 11.6 Å². The highest BCUT2D eigenvalue weighted by atomic mass is 19.1. The highest BCUT2D eigenvalue weighted by molar-refractivity contribution is 5.73. The van der Waals surface area contributed by atoms with Gasteiger partial charge >= 0.3 is 5.97 Å². The number of carboxylic acids is 1. The first-order valence-electron chi connectivity index (χ1n) is 3.37. The molecule has 5 heteroatoms. The molecule has 0 amide bonds. The summed E-state index contributed by atoms with van der Waals surface area (Å²) in [5.41, 5.74) is -0.315. The van der Waals surface area contributed by atoms with Gasteiger partial charge in [0.05, 0.1) is 0 Å². The lowest BCUT2D eigenvalue weighted by atomic mass is 10.1. The molecule has 0 saturated carbocycles.